The Morgan fingerprint density at radius 1 is 1.19 bits per heavy atom. The molecule has 2 aromatic carbocycles. The number of carbonyl (C=O) groups is 1. The summed E-state index contributed by atoms with van der Waals surface area (Å²) in [6, 6.07) is 13.0. The second-order valence-electron chi connectivity index (χ2n) is 8.11. The Kier molecular flexibility index (Phi) is 7.96. The molecule has 2 aromatic rings. The average Bonchev–Trinajstić information content (AvgIpc) is 3.18. The zero-order valence-corrected chi connectivity index (χ0v) is 18.1. The number of rotatable bonds is 7. The van der Waals surface area contributed by atoms with E-state index in [1.54, 1.807) is 19.2 Å². The summed E-state index contributed by atoms with van der Waals surface area (Å²) in [5.41, 5.74) is 2.27. The predicted molar refractivity (Wildman–Crippen MR) is 124 cm³/mol. The third-order valence-electron chi connectivity index (χ3n) is 6.05. The number of morpholine rings is 1. The van der Waals surface area contributed by atoms with E-state index in [4.69, 9.17) is 14.2 Å². The maximum atomic E-state index is 14.7. The van der Waals surface area contributed by atoms with Gasteiger partial charge >= 0.3 is 6.09 Å². The van der Waals surface area contributed by atoms with Gasteiger partial charge in [0.25, 0.3) is 0 Å². The molecule has 2 aliphatic heterocycles. The van der Waals surface area contributed by atoms with Crippen LogP contribution in [-0.2, 0) is 9.47 Å². The number of methoxy groups -OCH3 is 1. The third kappa shape index (κ3) is 5.33. The first-order chi connectivity index (χ1) is 15.0. The topological polar surface area (TPSA) is 51.2 Å². The van der Waals surface area contributed by atoms with Crippen LogP contribution in [0.5, 0.6) is 5.75 Å². The van der Waals surface area contributed by atoms with Gasteiger partial charge < -0.3 is 19.1 Å². The van der Waals surface area contributed by atoms with Crippen LogP contribution in [0.25, 0.3) is 0 Å². The lowest BCUT2D eigenvalue weighted by molar-refractivity contribution is 0.122. The highest BCUT2D eigenvalue weighted by atomic mass is 19.1. The Balaban J connectivity index is 0.00000289. The van der Waals surface area contributed by atoms with E-state index in [0.717, 1.165) is 18.6 Å². The van der Waals surface area contributed by atoms with Gasteiger partial charge in [-0.1, -0.05) is 26.5 Å². The Morgan fingerprint density at radius 2 is 1.97 bits per heavy atom. The SMILES string of the molecule is C.COc1cccc([C@H](C)CC[C@H]2CN(c3ccc(N4CCOCC4)c(F)c3)C(=O)O2)c1. The van der Waals surface area contributed by atoms with Crippen LogP contribution in [0, 0.1) is 5.82 Å². The van der Waals surface area contributed by atoms with Crippen molar-refractivity contribution in [2.75, 3.05) is 49.8 Å². The maximum Gasteiger partial charge on any atom is 0.414 e. The summed E-state index contributed by atoms with van der Waals surface area (Å²) in [7, 11) is 1.66. The van der Waals surface area contributed by atoms with Crippen molar-refractivity contribution < 1.29 is 23.4 Å². The van der Waals surface area contributed by atoms with Gasteiger partial charge in [0.1, 0.15) is 17.7 Å². The highest BCUT2D eigenvalue weighted by Crippen LogP contribution is 2.31. The minimum Gasteiger partial charge on any atom is -0.497 e. The molecule has 2 saturated heterocycles. The zero-order chi connectivity index (χ0) is 21.8. The monoisotopic (exact) mass is 444 g/mol. The van der Waals surface area contributed by atoms with Crippen LogP contribution >= 0.6 is 0 Å². The lowest BCUT2D eigenvalue weighted by atomic mass is 9.94. The number of nitrogens with zero attached hydrogens (tertiary/aromatic N) is 2. The molecule has 0 unspecified atom stereocenters. The Hall–Kier alpha value is -2.80. The van der Waals surface area contributed by atoms with Crippen molar-refractivity contribution in [2.24, 2.45) is 0 Å². The van der Waals surface area contributed by atoms with Crippen LogP contribution < -0.4 is 14.5 Å². The molecule has 2 aliphatic rings. The first-order valence-electron chi connectivity index (χ1n) is 10.8. The number of benzene rings is 2. The average molecular weight is 445 g/mol. The largest absolute Gasteiger partial charge is 0.497 e. The zero-order valence-electron chi connectivity index (χ0n) is 18.1. The van der Waals surface area contributed by atoms with Gasteiger partial charge in [-0.2, -0.15) is 0 Å². The van der Waals surface area contributed by atoms with Crippen LogP contribution in [0.2, 0.25) is 0 Å². The number of anilines is 2. The standard InChI is InChI=1S/C24H29FN2O4.CH4/c1-17(18-4-3-5-20(14-18)29-2)6-8-21-16-27(24(28)31-21)19-7-9-23(22(25)15-19)26-10-12-30-13-11-26;/h3-5,7,9,14-15,17,21H,6,8,10-13,16H2,1-2H3;1H4/t17-,21+;/m1./s1. The van der Waals surface area contributed by atoms with Crippen molar-refractivity contribution >= 4 is 17.5 Å². The molecule has 174 valence electrons. The molecule has 0 saturated carbocycles. The third-order valence-corrected chi connectivity index (χ3v) is 6.05. The molecule has 1 amide bonds. The molecule has 0 aromatic heterocycles. The summed E-state index contributed by atoms with van der Waals surface area (Å²) >= 11 is 0. The molecule has 2 heterocycles. The Bertz CT molecular complexity index is 917. The minimum absolute atomic E-state index is 0. The van der Waals surface area contributed by atoms with Gasteiger partial charge in [0, 0.05) is 13.1 Å². The first-order valence-corrected chi connectivity index (χ1v) is 10.8. The van der Waals surface area contributed by atoms with Crippen molar-refractivity contribution in [3.63, 3.8) is 0 Å². The Labute approximate surface area is 189 Å². The summed E-state index contributed by atoms with van der Waals surface area (Å²) in [6.07, 6.45) is 0.998. The molecule has 0 aliphatic carbocycles. The molecule has 7 heteroatoms. The molecule has 0 bridgehead atoms. The van der Waals surface area contributed by atoms with E-state index in [9.17, 15) is 9.18 Å². The van der Waals surface area contributed by atoms with Crippen LogP contribution in [-0.4, -0.2) is 52.2 Å². The van der Waals surface area contributed by atoms with Gasteiger partial charge in [-0.15, -0.1) is 0 Å². The second-order valence-corrected chi connectivity index (χ2v) is 8.11. The molecule has 0 radical (unpaired) electrons. The van der Waals surface area contributed by atoms with E-state index < -0.39 is 6.09 Å². The molecule has 0 N–H and O–H groups in total. The van der Waals surface area contributed by atoms with Gasteiger partial charge in [0.15, 0.2) is 0 Å². The smallest absolute Gasteiger partial charge is 0.414 e. The fourth-order valence-corrected chi connectivity index (χ4v) is 4.16. The summed E-state index contributed by atoms with van der Waals surface area (Å²) in [6.45, 7) is 5.10. The molecule has 6 nitrogen and oxygen atoms in total. The van der Waals surface area contributed by atoms with Crippen molar-refractivity contribution in [2.45, 2.75) is 39.2 Å². The van der Waals surface area contributed by atoms with Gasteiger partial charge in [-0.25, -0.2) is 9.18 Å². The van der Waals surface area contributed by atoms with Gasteiger partial charge in [0.2, 0.25) is 0 Å². The lowest BCUT2D eigenvalue weighted by Gasteiger charge is -2.29. The fourth-order valence-electron chi connectivity index (χ4n) is 4.16. The van der Waals surface area contributed by atoms with Crippen LogP contribution in [0.15, 0.2) is 42.5 Å². The van der Waals surface area contributed by atoms with Crippen molar-refractivity contribution in [1.82, 2.24) is 0 Å². The van der Waals surface area contributed by atoms with Crippen LogP contribution in [0.3, 0.4) is 0 Å². The molecule has 32 heavy (non-hydrogen) atoms. The number of amides is 1. The molecule has 2 fully saturated rings. The quantitative estimate of drug-likeness (QED) is 0.586. The van der Waals surface area contributed by atoms with Crippen molar-refractivity contribution in [1.29, 1.82) is 0 Å². The van der Waals surface area contributed by atoms with Crippen LogP contribution in [0.1, 0.15) is 38.7 Å². The number of hydrogen-bond donors (Lipinski definition) is 0. The summed E-state index contributed by atoms with van der Waals surface area (Å²) < 4.78 is 30.9. The van der Waals surface area contributed by atoms with Crippen LogP contribution in [0.4, 0.5) is 20.6 Å². The van der Waals surface area contributed by atoms with E-state index in [2.05, 4.69) is 13.0 Å². The molecule has 4 rings (SSSR count). The molecule has 0 spiro atoms. The summed E-state index contributed by atoms with van der Waals surface area (Å²) in [5.74, 6) is 0.820. The normalized spacial score (nSPS) is 19.3. The number of hydrogen-bond acceptors (Lipinski definition) is 5. The van der Waals surface area contributed by atoms with E-state index in [1.807, 2.05) is 23.1 Å². The number of carbonyl (C=O) groups excluding carboxylic acids is 1. The van der Waals surface area contributed by atoms with Crippen molar-refractivity contribution in [3.05, 3.63) is 53.8 Å². The predicted octanol–water partition coefficient (Wildman–Crippen LogP) is 5.22. The molecule has 2 atom stereocenters. The van der Waals surface area contributed by atoms with E-state index >= 15 is 0 Å². The molecular weight excluding hydrogens is 411 g/mol. The first kappa shape index (κ1) is 23.9. The lowest BCUT2D eigenvalue weighted by Crippen LogP contribution is -2.36. The maximum absolute atomic E-state index is 14.7. The summed E-state index contributed by atoms with van der Waals surface area (Å²) in [5, 5.41) is 0. The highest BCUT2D eigenvalue weighted by Gasteiger charge is 2.33. The summed E-state index contributed by atoms with van der Waals surface area (Å²) in [4.78, 5) is 15.9. The number of cyclic esters (lactones) is 1. The highest BCUT2D eigenvalue weighted by molar-refractivity contribution is 5.90. The second kappa shape index (κ2) is 10.7. The van der Waals surface area contributed by atoms with Gasteiger partial charge in [0.05, 0.1) is 38.2 Å². The van der Waals surface area contributed by atoms with Crippen molar-refractivity contribution in [3.8, 4) is 5.75 Å². The fraction of sp³-hybridized carbons (Fsp3) is 0.480. The van der Waals surface area contributed by atoms with E-state index in [0.29, 0.717) is 50.1 Å². The minimum atomic E-state index is -0.419. The number of halogens is 1. The van der Waals surface area contributed by atoms with E-state index in [1.165, 1.54) is 16.5 Å². The van der Waals surface area contributed by atoms with E-state index in [-0.39, 0.29) is 19.3 Å². The van der Waals surface area contributed by atoms with Gasteiger partial charge in [-0.05, 0) is 54.7 Å². The van der Waals surface area contributed by atoms with Gasteiger partial charge in [-0.3, -0.25) is 4.90 Å². The number of ether oxygens (including phenoxy) is 3. The Morgan fingerprint density at radius 3 is 2.69 bits per heavy atom. The molecular formula is C25H33FN2O4.